The molecule has 7 heteroatoms. The first-order valence-corrected chi connectivity index (χ1v) is 6.12. The Labute approximate surface area is 111 Å². The summed E-state index contributed by atoms with van der Waals surface area (Å²) in [6.07, 6.45) is -1.58. The number of anilines is 2. The number of nitrogens with one attached hydrogen (secondary N) is 1. The van der Waals surface area contributed by atoms with Crippen molar-refractivity contribution in [1.82, 2.24) is 4.98 Å². The Hall–Kier alpha value is -1.63. The van der Waals surface area contributed by atoms with Crippen molar-refractivity contribution in [3.8, 4) is 5.88 Å². The van der Waals surface area contributed by atoms with E-state index in [9.17, 15) is 8.78 Å². The first-order valence-electron chi connectivity index (χ1n) is 6.12. The van der Waals surface area contributed by atoms with Gasteiger partial charge in [0.05, 0.1) is 18.9 Å². The Bertz CT molecular complexity index is 378. The molecule has 0 fully saturated rings. The van der Waals surface area contributed by atoms with E-state index >= 15 is 0 Å². The van der Waals surface area contributed by atoms with E-state index in [4.69, 9.17) is 15.2 Å². The molecule has 0 aliphatic carbocycles. The molecule has 0 radical (unpaired) electrons. The van der Waals surface area contributed by atoms with E-state index in [0.29, 0.717) is 30.5 Å². The minimum Gasteiger partial charge on any atom is -0.476 e. The molecule has 0 saturated carbocycles. The second-order valence-corrected chi connectivity index (χ2v) is 3.83. The van der Waals surface area contributed by atoms with Crippen molar-refractivity contribution in [2.75, 3.05) is 37.4 Å². The summed E-state index contributed by atoms with van der Waals surface area (Å²) in [5.41, 5.74) is 6.18. The molecule has 0 unspecified atom stereocenters. The number of pyridine rings is 1. The zero-order valence-electron chi connectivity index (χ0n) is 10.9. The number of nitrogens with two attached hydrogens (primary N) is 1. The number of nitrogens with zero attached hydrogens (tertiary/aromatic N) is 1. The molecule has 0 aliphatic heterocycles. The SMILES string of the molecule is CCCOc1nc(NCCOCC(F)F)ccc1N. The summed E-state index contributed by atoms with van der Waals surface area (Å²) >= 11 is 0. The summed E-state index contributed by atoms with van der Waals surface area (Å²) in [4.78, 5) is 4.18. The first kappa shape index (κ1) is 15.4. The highest BCUT2D eigenvalue weighted by Crippen LogP contribution is 2.20. The number of rotatable bonds is 9. The van der Waals surface area contributed by atoms with E-state index in [1.54, 1.807) is 12.1 Å². The smallest absolute Gasteiger partial charge is 0.261 e. The molecule has 0 amide bonds. The van der Waals surface area contributed by atoms with Crippen LogP contribution in [0.2, 0.25) is 0 Å². The van der Waals surface area contributed by atoms with E-state index in [2.05, 4.69) is 10.3 Å². The van der Waals surface area contributed by atoms with Crippen LogP contribution < -0.4 is 15.8 Å². The van der Waals surface area contributed by atoms with Gasteiger partial charge in [-0.1, -0.05) is 6.92 Å². The third-order valence-electron chi connectivity index (χ3n) is 2.13. The van der Waals surface area contributed by atoms with Crippen molar-refractivity contribution < 1.29 is 18.3 Å². The minimum absolute atomic E-state index is 0.182. The summed E-state index contributed by atoms with van der Waals surface area (Å²) in [6.45, 7) is 2.54. The van der Waals surface area contributed by atoms with Crippen LogP contribution in [0.4, 0.5) is 20.3 Å². The molecule has 0 bridgehead atoms. The number of alkyl halides is 2. The lowest BCUT2D eigenvalue weighted by molar-refractivity contribution is 0.0215. The van der Waals surface area contributed by atoms with Crippen molar-refractivity contribution in [2.45, 2.75) is 19.8 Å². The lowest BCUT2D eigenvalue weighted by Crippen LogP contribution is -2.14. The van der Waals surface area contributed by atoms with Gasteiger partial charge in [-0.2, -0.15) is 4.98 Å². The van der Waals surface area contributed by atoms with E-state index < -0.39 is 13.0 Å². The molecule has 1 heterocycles. The molecule has 3 N–H and O–H groups in total. The zero-order valence-corrected chi connectivity index (χ0v) is 10.9. The molecule has 108 valence electrons. The molecule has 0 saturated heterocycles. The Balaban J connectivity index is 2.37. The fourth-order valence-electron chi connectivity index (χ4n) is 1.29. The monoisotopic (exact) mass is 275 g/mol. The van der Waals surface area contributed by atoms with E-state index in [1.807, 2.05) is 6.92 Å². The number of hydrogen-bond donors (Lipinski definition) is 2. The Morgan fingerprint density at radius 3 is 2.84 bits per heavy atom. The second-order valence-electron chi connectivity index (χ2n) is 3.83. The molecule has 19 heavy (non-hydrogen) atoms. The highest BCUT2D eigenvalue weighted by Gasteiger charge is 2.04. The summed E-state index contributed by atoms with van der Waals surface area (Å²) in [6, 6.07) is 3.38. The van der Waals surface area contributed by atoms with Gasteiger partial charge in [-0.25, -0.2) is 8.78 Å². The fourth-order valence-corrected chi connectivity index (χ4v) is 1.29. The van der Waals surface area contributed by atoms with Crippen LogP contribution in [-0.2, 0) is 4.74 Å². The maximum atomic E-state index is 11.8. The fraction of sp³-hybridized carbons (Fsp3) is 0.583. The summed E-state index contributed by atoms with van der Waals surface area (Å²) in [5.74, 6) is 0.946. The standard InChI is InChI=1S/C12H19F2N3O2/c1-2-6-19-12-9(15)3-4-11(17-12)16-5-7-18-8-10(13)14/h3-4,10H,2,5-8,15H2,1H3,(H,16,17). The van der Waals surface area contributed by atoms with Crippen LogP contribution in [0.5, 0.6) is 5.88 Å². The zero-order chi connectivity index (χ0) is 14.1. The number of nitrogen functional groups attached to an aromatic ring is 1. The van der Waals surface area contributed by atoms with E-state index in [1.165, 1.54) is 0 Å². The van der Waals surface area contributed by atoms with E-state index in [0.717, 1.165) is 6.42 Å². The summed E-state index contributed by atoms with van der Waals surface area (Å²) in [5, 5.41) is 2.95. The van der Waals surface area contributed by atoms with Gasteiger partial charge in [0.1, 0.15) is 12.4 Å². The van der Waals surface area contributed by atoms with Crippen LogP contribution in [0, 0.1) is 0 Å². The molecule has 0 aromatic carbocycles. The summed E-state index contributed by atoms with van der Waals surface area (Å²) < 4.78 is 33.7. The normalized spacial score (nSPS) is 10.7. The second kappa shape index (κ2) is 8.47. The average molecular weight is 275 g/mol. The van der Waals surface area contributed by atoms with Crippen LogP contribution in [-0.4, -0.2) is 37.8 Å². The van der Waals surface area contributed by atoms with Gasteiger partial charge in [0.2, 0.25) is 5.88 Å². The van der Waals surface area contributed by atoms with Crippen molar-refractivity contribution in [3.63, 3.8) is 0 Å². The van der Waals surface area contributed by atoms with Crippen LogP contribution >= 0.6 is 0 Å². The average Bonchev–Trinajstić information content (AvgIpc) is 2.38. The highest BCUT2D eigenvalue weighted by molar-refractivity contribution is 5.53. The molecule has 1 aromatic rings. The van der Waals surface area contributed by atoms with Crippen molar-refractivity contribution in [2.24, 2.45) is 0 Å². The maximum absolute atomic E-state index is 11.8. The Morgan fingerprint density at radius 2 is 2.16 bits per heavy atom. The number of hydrogen-bond acceptors (Lipinski definition) is 5. The van der Waals surface area contributed by atoms with Gasteiger partial charge in [0, 0.05) is 6.54 Å². The predicted molar refractivity (Wildman–Crippen MR) is 69.7 cm³/mol. The van der Waals surface area contributed by atoms with Crippen molar-refractivity contribution >= 4 is 11.5 Å². The molecule has 0 aliphatic rings. The van der Waals surface area contributed by atoms with Gasteiger partial charge in [0.25, 0.3) is 6.43 Å². The molecular formula is C12H19F2N3O2. The van der Waals surface area contributed by atoms with Gasteiger partial charge in [-0.3, -0.25) is 0 Å². The minimum atomic E-state index is -2.44. The van der Waals surface area contributed by atoms with Gasteiger partial charge in [-0.05, 0) is 18.6 Å². The van der Waals surface area contributed by atoms with Crippen LogP contribution in [0.25, 0.3) is 0 Å². The van der Waals surface area contributed by atoms with Gasteiger partial charge < -0.3 is 20.5 Å². The lowest BCUT2D eigenvalue weighted by atomic mass is 10.4. The molecule has 0 spiro atoms. The Kier molecular flexibility index (Phi) is 6.88. The topological polar surface area (TPSA) is 69.4 Å². The molecule has 1 rings (SSSR count). The highest BCUT2D eigenvalue weighted by atomic mass is 19.3. The maximum Gasteiger partial charge on any atom is 0.261 e. The molecule has 5 nitrogen and oxygen atoms in total. The Morgan fingerprint density at radius 1 is 1.37 bits per heavy atom. The number of aromatic nitrogens is 1. The molecular weight excluding hydrogens is 256 g/mol. The third kappa shape index (κ3) is 6.19. The van der Waals surface area contributed by atoms with E-state index in [-0.39, 0.29) is 6.61 Å². The number of ether oxygens (including phenoxy) is 2. The number of halogens is 2. The third-order valence-corrected chi connectivity index (χ3v) is 2.13. The summed E-state index contributed by atoms with van der Waals surface area (Å²) in [7, 11) is 0. The van der Waals surface area contributed by atoms with Gasteiger partial charge >= 0.3 is 0 Å². The van der Waals surface area contributed by atoms with Crippen molar-refractivity contribution in [3.05, 3.63) is 12.1 Å². The van der Waals surface area contributed by atoms with Crippen LogP contribution in [0.15, 0.2) is 12.1 Å². The van der Waals surface area contributed by atoms with Crippen LogP contribution in [0.1, 0.15) is 13.3 Å². The quantitative estimate of drug-likeness (QED) is 0.676. The van der Waals surface area contributed by atoms with Crippen molar-refractivity contribution in [1.29, 1.82) is 0 Å². The lowest BCUT2D eigenvalue weighted by Gasteiger charge is -2.10. The predicted octanol–water partition coefficient (Wildman–Crippen LogP) is 2.15. The molecule has 1 aromatic heterocycles. The van der Waals surface area contributed by atoms with Gasteiger partial charge in [0.15, 0.2) is 0 Å². The molecule has 0 atom stereocenters. The largest absolute Gasteiger partial charge is 0.476 e. The first-order chi connectivity index (χ1) is 9.13. The van der Waals surface area contributed by atoms with Crippen LogP contribution in [0.3, 0.4) is 0 Å². The van der Waals surface area contributed by atoms with Gasteiger partial charge in [-0.15, -0.1) is 0 Å².